The number of rotatable bonds is 4. The highest BCUT2D eigenvalue weighted by molar-refractivity contribution is 5.83. The number of aryl methyl sites for hydroxylation is 2. The molecule has 0 aliphatic carbocycles. The highest BCUT2D eigenvalue weighted by Crippen LogP contribution is 2.34. The summed E-state index contributed by atoms with van der Waals surface area (Å²) in [6.45, 7) is 8.31. The standard InChI is InChI=1S/C26H28N6/c1-18-7-5-8-20(15-18)23-10-12-25-26(29-23)32(14-6-13-30(25)3)19(2)28-22-9-11-24-21(16-22)17-27-31(24)4/h5,7-12,15-17,28H,2,6,13-14H2,1,3-4H3. The van der Waals surface area contributed by atoms with Crippen LogP contribution in [0.1, 0.15) is 12.0 Å². The summed E-state index contributed by atoms with van der Waals surface area (Å²) in [5.41, 5.74) is 6.53. The molecule has 0 radical (unpaired) electrons. The van der Waals surface area contributed by atoms with E-state index in [-0.39, 0.29) is 0 Å². The molecule has 6 heteroatoms. The van der Waals surface area contributed by atoms with Gasteiger partial charge in [0.2, 0.25) is 0 Å². The number of hydrogen-bond donors (Lipinski definition) is 1. The monoisotopic (exact) mass is 424 g/mol. The van der Waals surface area contributed by atoms with Crippen LogP contribution in [0.2, 0.25) is 0 Å². The van der Waals surface area contributed by atoms with Gasteiger partial charge >= 0.3 is 0 Å². The minimum absolute atomic E-state index is 0.818. The van der Waals surface area contributed by atoms with Gasteiger partial charge in [0.05, 0.1) is 23.1 Å². The van der Waals surface area contributed by atoms with E-state index in [1.165, 1.54) is 5.56 Å². The Hall–Kier alpha value is -3.80. The molecule has 2 aromatic heterocycles. The maximum Gasteiger partial charge on any atom is 0.158 e. The van der Waals surface area contributed by atoms with E-state index < -0.39 is 0 Å². The molecule has 0 spiro atoms. The summed E-state index contributed by atoms with van der Waals surface area (Å²) in [6, 6.07) is 19.0. The van der Waals surface area contributed by atoms with Crippen molar-refractivity contribution in [2.24, 2.45) is 7.05 Å². The lowest BCUT2D eigenvalue weighted by Gasteiger charge is -2.27. The van der Waals surface area contributed by atoms with E-state index in [0.29, 0.717) is 0 Å². The molecule has 0 saturated carbocycles. The number of benzene rings is 2. The molecule has 0 bridgehead atoms. The first-order valence-electron chi connectivity index (χ1n) is 10.9. The smallest absolute Gasteiger partial charge is 0.158 e. The zero-order valence-electron chi connectivity index (χ0n) is 18.8. The number of aromatic nitrogens is 3. The van der Waals surface area contributed by atoms with E-state index in [4.69, 9.17) is 4.98 Å². The van der Waals surface area contributed by atoms with Crippen molar-refractivity contribution in [3.8, 4) is 11.3 Å². The van der Waals surface area contributed by atoms with E-state index in [1.54, 1.807) is 0 Å². The van der Waals surface area contributed by atoms with Crippen LogP contribution in [0, 0.1) is 6.92 Å². The second-order valence-electron chi connectivity index (χ2n) is 8.45. The van der Waals surface area contributed by atoms with Gasteiger partial charge in [0.15, 0.2) is 5.82 Å². The van der Waals surface area contributed by atoms with Crippen molar-refractivity contribution in [1.29, 1.82) is 0 Å². The molecule has 1 N–H and O–H groups in total. The highest BCUT2D eigenvalue weighted by atomic mass is 15.3. The molecule has 0 fully saturated rings. The molecule has 5 rings (SSSR count). The molecular weight excluding hydrogens is 396 g/mol. The van der Waals surface area contributed by atoms with E-state index >= 15 is 0 Å². The third kappa shape index (κ3) is 3.68. The quantitative estimate of drug-likeness (QED) is 0.490. The first kappa shape index (κ1) is 20.1. The zero-order chi connectivity index (χ0) is 22.2. The van der Waals surface area contributed by atoms with Gasteiger partial charge in [-0.1, -0.05) is 30.3 Å². The van der Waals surface area contributed by atoms with Crippen LogP contribution in [0.4, 0.5) is 17.2 Å². The Morgan fingerprint density at radius 1 is 1.03 bits per heavy atom. The molecule has 32 heavy (non-hydrogen) atoms. The molecule has 0 saturated heterocycles. The van der Waals surface area contributed by atoms with Crippen molar-refractivity contribution in [3.63, 3.8) is 0 Å². The molecule has 0 atom stereocenters. The van der Waals surface area contributed by atoms with Crippen molar-refractivity contribution in [3.05, 3.63) is 78.8 Å². The van der Waals surface area contributed by atoms with Gasteiger partial charge in [-0.3, -0.25) is 4.68 Å². The summed E-state index contributed by atoms with van der Waals surface area (Å²) < 4.78 is 1.88. The minimum atomic E-state index is 0.818. The van der Waals surface area contributed by atoms with Gasteiger partial charge < -0.3 is 15.1 Å². The van der Waals surface area contributed by atoms with Gasteiger partial charge in [0.25, 0.3) is 0 Å². The molecule has 1 aliphatic heterocycles. The Labute approximate surface area is 188 Å². The number of hydrogen-bond acceptors (Lipinski definition) is 5. The van der Waals surface area contributed by atoms with E-state index in [0.717, 1.165) is 64.7 Å². The van der Waals surface area contributed by atoms with Gasteiger partial charge in [-0.25, -0.2) is 4.98 Å². The Bertz CT molecular complexity index is 1300. The predicted octanol–water partition coefficient (Wildman–Crippen LogP) is 5.17. The Morgan fingerprint density at radius 2 is 1.91 bits per heavy atom. The molecular formula is C26H28N6. The van der Waals surface area contributed by atoms with E-state index in [2.05, 4.69) is 95.4 Å². The minimum Gasteiger partial charge on any atom is -0.372 e. The maximum absolute atomic E-state index is 5.10. The van der Waals surface area contributed by atoms with Crippen LogP contribution in [0.5, 0.6) is 0 Å². The van der Waals surface area contributed by atoms with Crippen LogP contribution in [0.15, 0.2) is 73.2 Å². The average molecular weight is 425 g/mol. The van der Waals surface area contributed by atoms with Gasteiger partial charge in [-0.05, 0) is 49.7 Å². The summed E-state index contributed by atoms with van der Waals surface area (Å²) >= 11 is 0. The maximum atomic E-state index is 5.10. The predicted molar refractivity (Wildman–Crippen MR) is 133 cm³/mol. The summed E-state index contributed by atoms with van der Waals surface area (Å²) in [5.74, 6) is 1.75. The van der Waals surface area contributed by atoms with Crippen LogP contribution in [-0.4, -0.2) is 34.9 Å². The molecule has 6 nitrogen and oxygen atoms in total. The van der Waals surface area contributed by atoms with E-state index in [1.807, 2.05) is 17.9 Å². The third-order valence-electron chi connectivity index (χ3n) is 6.07. The van der Waals surface area contributed by atoms with Crippen molar-refractivity contribution in [1.82, 2.24) is 14.8 Å². The second-order valence-corrected chi connectivity index (χ2v) is 8.45. The lowest BCUT2D eigenvalue weighted by molar-refractivity contribution is 0.789. The number of anilines is 3. The Balaban J connectivity index is 1.50. The number of pyridine rings is 1. The summed E-state index contributed by atoms with van der Waals surface area (Å²) in [6.07, 6.45) is 2.91. The number of nitrogens with one attached hydrogen (secondary N) is 1. The van der Waals surface area contributed by atoms with Crippen LogP contribution in [0.25, 0.3) is 22.2 Å². The van der Waals surface area contributed by atoms with Crippen LogP contribution < -0.4 is 15.1 Å². The summed E-state index contributed by atoms with van der Waals surface area (Å²) in [7, 11) is 4.08. The molecule has 3 heterocycles. The fourth-order valence-electron chi connectivity index (χ4n) is 4.33. The van der Waals surface area contributed by atoms with Gasteiger partial charge in [0.1, 0.15) is 5.82 Å². The third-order valence-corrected chi connectivity index (χ3v) is 6.07. The largest absolute Gasteiger partial charge is 0.372 e. The molecule has 0 amide bonds. The Morgan fingerprint density at radius 3 is 2.75 bits per heavy atom. The average Bonchev–Trinajstić information content (AvgIpc) is 3.07. The van der Waals surface area contributed by atoms with Crippen molar-refractivity contribution < 1.29 is 0 Å². The Kier molecular flexibility index (Phi) is 5.05. The van der Waals surface area contributed by atoms with Crippen molar-refractivity contribution in [2.75, 3.05) is 35.3 Å². The van der Waals surface area contributed by atoms with Crippen molar-refractivity contribution >= 4 is 28.1 Å². The SMILES string of the molecule is C=C(Nc1ccc2c(cnn2C)c1)N1CCCN(C)c2ccc(-c3cccc(C)c3)nc21. The lowest BCUT2D eigenvalue weighted by Crippen LogP contribution is -2.28. The topological polar surface area (TPSA) is 49.2 Å². The molecule has 0 unspecified atom stereocenters. The van der Waals surface area contributed by atoms with Crippen LogP contribution in [-0.2, 0) is 7.05 Å². The first-order chi connectivity index (χ1) is 15.5. The van der Waals surface area contributed by atoms with Gasteiger partial charge in [-0.15, -0.1) is 0 Å². The summed E-state index contributed by atoms with van der Waals surface area (Å²) in [4.78, 5) is 9.58. The molecule has 2 aromatic carbocycles. The van der Waals surface area contributed by atoms with Crippen LogP contribution >= 0.6 is 0 Å². The van der Waals surface area contributed by atoms with Gasteiger partial charge in [-0.2, -0.15) is 5.10 Å². The molecule has 4 aromatic rings. The number of nitrogens with zero attached hydrogens (tertiary/aromatic N) is 5. The van der Waals surface area contributed by atoms with Crippen LogP contribution in [0.3, 0.4) is 0 Å². The second kappa shape index (κ2) is 8.04. The first-order valence-corrected chi connectivity index (χ1v) is 10.9. The zero-order valence-corrected chi connectivity index (χ0v) is 18.8. The van der Waals surface area contributed by atoms with Crippen molar-refractivity contribution in [2.45, 2.75) is 13.3 Å². The van der Waals surface area contributed by atoms with E-state index in [9.17, 15) is 0 Å². The lowest BCUT2D eigenvalue weighted by atomic mass is 10.1. The normalized spacial score (nSPS) is 13.7. The van der Waals surface area contributed by atoms with Gasteiger partial charge in [0, 0.05) is 43.8 Å². The molecule has 1 aliphatic rings. The summed E-state index contributed by atoms with van der Waals surface area (Å²) in [5, 5.41) is 8.94. The highest BCUT2D eigenvalue weighted by Gasteiger charge is 2.23. The number of fused-ring (bicyclic) bond motifs is 2. The molecule has 162 valence electrons. The fourth-order valence-corrected chi connectivity index (χ4v) is 4.33. The fraction of sp³-hybridized carbons (Fsp3) is 0.231.